The first-order chi connectivity index (χ1) is 11.7. The van der Waals surface area contributed by atoms with E-state index in [-0.39, 0.29) is 42.7 Å². The molecule has 0 saturated heterocycles. The third-order valence-electron chi connectivity index (χ3n) is 3.97. The van der Waals surface area contributed by atoms with Gasteiger partial charge in [-0.3, -0.25) is 9.59 Å². The van der Waals surface area contributed by atoms with Crippen molar-refractivity contribution in [1.29, 1.82) is 0 Å². The lowest BCUT2D eigenvalue weighted by Gasteiger charge is -2.19. The van der Waals surface area contributed by atoms with Crippen molar-refractivity contribution in [3.05, 3.63) is 12.2 Å². The predicted molar refractivity (Wildman–Crippen MR) is 101 cm³/mol. The van der Waals surface area contributed by atoms with Crippen LogP contribution in [0.4, 0.5) is 0 Å². The van der Waals surface area contributed by atoms with Crippen molar-refractivity contribution in [3.8, 4) is 11.8 Å². The molecule has 0 saturated carbocycles. The fraction of sp³-hybridized carbons (Fsp3) is 0.714. The summed E-state index contributed by atoms with van der Waals surface area (Å²) in [5.41, 5.74) is 0.742. The number of ether oxygens (including phenoxy) is 2. The van der Waals surface area contributed by atoms with Gasteiger partial charge in [0.2, 0.25) is 0 Å². The summed E-state index contributed by atoms with van der Waals surface area (Å²) >= 11 is 0. The third kappa shape index (κ3) is 11.4. The highest BCUT2D eigenvalue weighted by atomic mass is 16.5. The Kier molecular flexibility index (Phi) is 11.7. The second-order valence-electron chi connectivity index (χ2n) is 7.02. The molecule has 142 valence electrons. The van der Waals surface area contributed by atoms with Crippen molar-refractivity contribution in [1.82, 2.24) is 0 Å². The zero-order chi connectivity index (χ0) is 19.4. The van der Waals surface area contributed by atoms with E-state index < -0.39 is 6.10 Å². The van der Waals surface area contributed by atoms with Crippen molar-refractivity contribution in [2.24, 2.45) is 11.8 Å². The van der Waals surface area contributed by atoms with Crippen molar-refractivity contribution in [2.75, 3.05) is 0 Å². The van der Waals surface area contributed by atoms with Gasteiger partial charge in [0, 0.05) is 18.8 Å². The molecule has 0 amide bonds. The van der Waals surface area contributed by atoms with Gasteiger partial charge in [-0.2, -0.15) is 0 Å². The largest absolute Gasteiger partial charge is 0.462 e. The van der Waals surface area contributed by atoms with Crippen LogP contribution in [-0.4, -0.2) is 24.1 Å². The molecule has 3 unspecified atom stereocenters. The standard InChI is InChI=1S/C21H34O4/c1-8-10-17(6)19(14-13-15(2)3)25-21(23)12-9-11-20(22)24-18(7)16(4)5/h16-19H,2,8-12H2,1,3-7H3. The molecule has 0 aliphatic heterocycles. The van der Waals surface area contributed by atoms with Crippen LogP contribution < -0.4 is 0 Å². The van der Waals surface area contributed by atoms with Gasteiger partial charge in [0.25, 0.3) is 0 Å². The second-order valence-corrected chi connectivity index (χ2v) is 7.02. The minimum Gasteiger partial charge on any atom is -0.462 e. The fourth-order valence-electron chi connectivity index (χ4n) is 2.07. The van der Waals surface area contributed by atoms with E-state index >= 15 is 0 Å². The van der Waals surface area contributed by atoms with E-state index in [0.717, 1.165) is 18.4 Å². The first-order valence-corrected chi connectivity index (χ1v) is 9.23. The van der Waals surface area contributed by atoms with Crippen LogP contribution in [0.2, 0.25) is 0 Å². The number of hydrogen-bond donors (Lipinski definition) is 0. The minimum absolute atomic E-state index is 0.115. The highest BCUT2D eigenvalue weighted by Crippen LogP contribution is 2.15. The number of carbonyl (C=O) groups excluding carboxylic acids is 2. The fourth-order valence-corrected chi connectivity index (χ4v) is 2.07. The van der Waals surface area contributed by atoms with Crippen molar-refractivity contribution in [3.63, 3.8) is 0 Å². The van der Waals surface area contributed by atoms with Crippen LogP contribution in [0.1, 0.15) is 73.6 Å². The Morgan fingerprint density at radius 2 is 1.60 bits per heavy atom. The lowest BCUT2D eigenvalue weighted by atomic mass is 9.99. The Bertz CT molecular complexity index is 496. The molecule has 0 aromatic carbocycles. The van der Waals surface area contributed by atoms with Crippen LogP contribution in [0.5, 0.6) is 0 Å². The average Bonchev–Trinajstić information content (AvgIpc) is 2.51. The average molecular weight is 350 g/mol. The summed E-state index contributed by atoms with van der Waals surface area (Å²) < 4.78 is 10.8. The molecule has 0 rings (SSSR count). The SMILES string of the molecule is C=C(C)C#CC(OC(=O)CCCC(=O)OC(C)C(C)C)C(C)CCC. The van der Waals surface area contributed by atoms with Crippen LogP contribution in [-0.2, 0) is 19.1 Å². The Hall–Kier alpha value is -1.76. The molecular formula is C21H34O4. The van der Waals surface area contributed by atoms with Gasteiger partial charge < -0.3 is 9.47 Å². The van der Waals surface area contributed by atoms with Crippen LogP contribution in [0.3, 0.4) is 0 Å². The van der Waals surface area contributed by atoms with Crippen LogP contribution in [0.25, 0.3) is 0 Å². The van der Waals surface area contributed by atoms with Crippen LogP contribution in [0, 0.1) is 23.7 Å². The number of carbonyl (C=O) groups is 2. The molecule has 0 bridgehead atoms. The van der Waals surface area contributed by atoms with E-state index in [0.29, 0.717) is 6.42 Å². The normalized spacial score (nSPS) is 14.0. The van der Waals surface area contributed by atoms with Gasteiger partial charge in [0.1, 0.15) is 6.10 Å². The zero-order valence-corrected chi connectivity index (χ0v) is 16.7. The van der Waals surface area contributed by atoms with Crippen molar-refractivity contribution in [2.45, 2.75) is 85.9 Å². The van der Waals surface area contributed by atoms with Crippen LogP contribution in [0.15, 0.2) is 12.2 Å². The highest BCUT2D eigenvalue weighted by molar-refractivity contribution is 5.72. The summed E-state index contributed by atoms with van der Waals surface area (Å²) in [7, 11) is 0. The summed E-state index contributed by atoms with van der Waals surface area (Å²) in [4.78, 5) is 23.8. The van der Waals surface area contributed by atoms with Gasteiger partial charge in [0.05, 0.1) is 0 Å². The number of allylic oxidation sites excluding steroid dienone is 1. The first kappa shape index (κ1) is 23.2. The Balaban J connectivity index is 4.41. The molecule has 3 atom stereocenters. The first-order valence-electron chi connectivity index (χ1n) is 9.23. The molecule has 0 radical (unpaired) electrons. The maximum Gasteiger partial charge on any atom is 0.307 e. The van der Waals surface area contributed by atoms with E-state index in [2.05, 4.69) is 25.3 Å². The smallest absolute Gasteiger partial charge is 0.307 e. The molecule has 0 aromatic heterocycles. The maximum atomic E-state index is 12.1. The van der Waals surface area contributed by atoms with Gasteiger partial charge in [0.15, 0.2) is 6.10 Å². The summed E-state index contributed by atoms with van der Waals surface area (Å²) in [6, 6.07) is 0. The van der Waals surface area contributed by atoms with E-state index in [9.17, 15) is 9.59 Å². The number of esters is 2. The van der Waals surface area contributed by atoms with Gasteiger partial charge in [-0.1, -0.05) is 52.5 Å². The highest BCUT2D eigenvalue weighted by Gasteiger charge is 2.19. The topological polar surface area (TPSA) is 52.6 Å². The second kappa shape index (κ2) is 12.6. The monoisotopic (exact) mass is 350 g/mol. The molecule has 0 spiro atoms. The molecule has 4 nitrogen and oxygen atoms in total. The Morgan fingerprint density at radius 1 is 1.04 bits per heavy atom. The van der Waals surface area contributed by atoms with Crippen molar-refractivity contribution >= 4 is 11.9 Å². The molecule has 0 N–H and O–H groups in total. The molecule has 0 fully saturated rings. The van der Waals surface area contributed by atoms with Gasteiger partial charge in [-0.25, -0.2) is 0 Å². The molecule has 25 heavy (non-hydrogen) atoms. The number of rotatable bonds is 10. The quantitative estimate of drug-likeness (QED) is 0.424. The number of hydrogen-bond acceptors (Lipinski definition) is 4. The van der Waals surface area contributed by atoms with E-state index in [4.69, 9.17) is 9.47 Å². The summed E-state index contributed by atoms with van der Waals surface area (Å²) in [6.07, 6.45) is 2.22. The Labute approximate surface area is 153 Å². The zero-order valence-electron chi connectivity index (χ0n) is 16.7. The minimum atomic E-state index is -0.433. The van der Waals surface area contributed by atoms with Gasteiger partial charge in [-0.15, -0.1) is 0 Å². The van der Waals surface area contributed by atoms with E-state index in [1.165, 1.54) is 0 Å². The molecule has 4 heteroatoms. The van der Waals surface area contributed by atoms with E-state index in [1.54, 1.807) is 0 Å². The third-order valence-corrected chi connectivity index (χ3v) is 3.97. The molecule has 0 heterocycles. The lowest BCUT2D eigenvalue weighted by Crippen LogP contribution is -2.24. The summed E-state index contributed by atoms with van der Waals surface area (Å²) in [6.45, 7) is 15.6. The van der Waals surface area contributed by atoms with Gasteiger partial charge in [-0.05, 0) is 38.2 Å². The Morgan fingerprint density at radius 3 is 2.08 bits per heavy atom. The maximum absolute atomic E-state index is 12.1. The molecule has 0 aliphatic carbocycles. The predicted octanol–water partition coefficient (Wildman–Crippen LogP) is 4.67. The van der Waals surface area contributed by atoms with Crippen LogP contribution >= 0.6 is 0 Å². The molecular weight excluding hydrogens is 316 g/mol. The molecule has 0 aliphatic rings. The summed E-state index contributed by atoms with van der Waals surface area (Å²) in [5.74, 6) is 5.74. The van der Waals surface area contributed by atoms with E-state index in [1.807, 2.05) is 34.6 Å². The lowest BCUT2D eigenvalue weighted by molar-refractivity contribution is -0.151. The molecule has 0 aromatic rings. The summed E-state index contributed by atoms with van der Waals surface area (Å²) in [5, 5.41) is 0. The van der Waals surface area contributed by atoms with Gasteiger partial charge >= 0.3 is 11.9 Å². The van der Waals surface area contributed by atoms with Crippen molar-refractivity contribution < 1.29 is 19.1 Å².